The van der Waals surface area contributed by atoms with E-state index in [9.17, 15) is 13.2 Å². The first-order valence-electron chi connectivity index (χ1n) is 8.20. The van der Waals surface area contributed by atoms with Gasteiger partial charge in [0, 0.05) is 24.8 Å². The van der Waals surface area contributed by atoms with Gasteiger partial charge in [-0.3, -0.25) is 0 Å². The lowest BCUT2D eigenvalue weighted by atomic mass is 10.2. The molecule has 4 aromatic rings. The minimum absolute atomic E-state index is 0.321. The van der Waals surface area contributed by atoms with Crippen molar-refractivity contribution in [1.29, 1.82) is 0 Å². The van der Waals surface area contributed by atoms with Crippen LogP contribution in [0.15, 0.2) is 43.0 Å². The molecule has 0 spiro atoms. The van der Waals surface area contributed by atoms with E-state index in [1.54, 1.807) is 35.4 Å². The monoisotopic (exact) mass is 373 g/mol. The molecule has 0 aromatic carbocycles. The largest absolute Gasteiger partial charge is 0.435 e. The standard InChI is InChI=1S/C17H14F3N7/c1-2-12-11(24-14-5-4-13(17(18,19)20)25-27(12)14)10-26-9-8-23-16(26)15-21-6-3-7-22-15/h3-9H,2,10H2,1H3. The Kier molecular flexibility index (Phi) is 4.09. The quantitative estimate of drug-likeness (QED) is 0.550. The third-order valence-corrected chi connectivity index (χ3v) is 4.08. The number of hydrogen-bond donors (Lipinski definition) is 0. The number of aryl methyl sites for hydroxylation is 1. The number of rotatable bonds is 4. The summed E-state index contributed by atoms with van der Waals surface area (Å²) in [5.41, 5.74) is 0.659. The summed E-state index contributed by atoms with van der Waals surface area (Å²) in [7, 11) is 0. The van der Waals surface area contributed by atoms with Crippen LogP contribution in [0.3, 0.4) is 0 Å². The lowest BCUT2D eigenvalue weighted by molar-refractivity contribution is -0.141. The molecule has 7 nitrogen and oxygen atoms in total. The molecule has 0 radical (unpaired) electrons. The van der Waals surface area contributed by atoms with Crippen molar-refractivity contribution < 1.29 is 13.2 Å². The normalized spacial score (nSPS) is 12.0. The number of nitrogens with zero attached hydrogens (tertiary/aromatic N) is 7. The predicted molar refractivity (Wildman–Crippen MR) is 89.7 cm³/mol. The topological polar surface area (TPSA) is 73.8 Å². The van der Waals surface area contributed by atoms with Crippen molar-refractivity contribution in [2.24, 2.45) is 0 Å². The molecular weight excluding hydrogens is 359 g/mol. The van der Waals surface area contributed by atoms with E-state index in [-0.39, 0.29) is 0 Å². The van der Waals surface area contributed by atoms with Gasteiger partial charge in [-0.05, 0) is 24.6 Å². The first kappa shape index (κ1) is 17.1. The van der Waals surface area contributed by atoms with Gasteiger partial charge in [-0.2, -0.15) is 18.3 Å². The molecule has 0 atom stereocenters. The fraction of sp³-hybridized carbons (Fsp3) is 0.235. The van der Waals surface area contributed by atoms with Crippen LogP contribution in [0, 0.1) is 0 Å². The summed E-state index contributed by atoms with van der Waals surface area (Å²) < 4.78 is 42.0. The summed E-state index contributed by atoms with van der Waals surface area (Å²) in [6, 6.07) is 3.97. The zero-order valence-corrected chi connectivity index (χ0v) is 14.2. The van der Waals surface area contributed by atoms with Gasteiger partial charge in [0.15, 0.2) is 23.0 Å². The van der Waals surface area contributed by atoms with Gasteiger partial charge in [0.05, 0.1) is 17.9 Å². The Bertz CT molecular complexity index is 1080. The Morgan fingerprint density at radius 3 is 2.52 bits per heavy atom. The number of fused-ring (bicyclic) bond motifs is 1. The van der Waals surface area contributed by atoms with Crippen molar-refractivity contribution in [2.45, 2.75) is 26.1 Å². The smallest absolute Gasteiger partial charge is 0.322 e. The van der Waals surface area contributed by atoms with Gasteiger partial charge in [0.25, 0.3) is 0 Å². The molecule has 0 saturated carbocycles. The molecule has 0 unspecified atom stereocenters. The van der Waals surface area contributed by atoms with Gasteiger partial charge >= 0.3 is 6.18 Å². The third-order valence-electron chi connectivity index (χ3n) is 4.08. The highest BCUT2D eigenvalue weighted by atomic mass is 19.4. The number of halogens is 3. The average Bonchev–Trinajstić information content (AvgIpc) is 3.25. The highest BCUT2D eigenvalue weighted by molar-refractivity contribution is 5.45. The molecule has 4 heterocycles. The van der Waals surface area contributed by atoms with Crippen molar-refractivity contribution in [2.75, 3.05) is 0 Å². The third kappa shape index (κ3) is 3.14. The molecule has 10 heteroatoms. The van der Waals surface area contributed by atoms with Crippen LogP contribution in [0.1, 0.15) is 24.0 Å². The van der Waals surface area contributed by atoms with Gasteiger partial charge < -0.3 is 4.57 Å². The van der Waals surface area contributed by atoms with E-state index in [1.165, 1.54) is 10.6 Å². The molecule has 27 heavy (non-hydrogen) atoms. The van der Waals surface area contributed by atoms with Crippen molar-refractivity contribution in [3.63, 3.8) is 0 Å². The van der Waals surface area contributed by atoms with E-state index in [4.69, 9.17) is 0 Å². The Balaban J connectivity index is 1.76. The second-order valence-corrected chi connectivity index (χ2v) is 5.80. The molecule has 0 aliphatic heterocycles. The molecule has 0 N–H and O–H groups in total. The van der Waals surface area contributed by atoms with E-state index in [0.717, 1.165) is 6.07 Å². The Morgan fingerprint density at radius 1 is 1.04 bits per heavy atom. The maximum absolute atomic E-state index is 13.0. The lowest BCUT2D eigenvalue weighted by Gasteiger charge is -2.08. The number of hydrogen-bond acceptors (Lipinski definition) is 5. The van der Waals surface area contributed by atoms with Gasteiger partial charge in [-0.1, -0.05) is 6.92 Å². The molecular formula is C17H14F3N7. The zero-order chi connectivity index (χ0) is 19.0. The Hall–Kier alpha value is -3.30. The lowest BCUT2D eigenvalue weighted by Crippen LogP contribution is -2.12. The highest BCUT2D eigenvalue weighted by Crippen LogP contribution is 2.28. The zero-order valence-electron chi connectivity index (χ0n) is 14.2. The summed E-state index contributed by atoms with van der Waals surface area (Å²) in [5.74, 6) is 1.01. The number of aromatic nitrogens is 7. The maximum atomic E-state index is 13.0. The molecule has 4 rings (SSSR count). The van der Waals surface area contributed by atoms with Gasteiger partial charge in [-0.25, -0.2) is 24.5 Å². The van der Waals surface area contributed by atoms with Crippen LogP contribution in [0.2, 0.25) is 0 Å². The van der Waals surface area contributed by atoms with E-state index < -0.39 is 11.9 Å². The summed E-state index contributed by atoms with van der Waals surface area (Å²) >= 11 is 0. The van der Waals surface area contributed by atoms with Crippen LogP contribution in [0.4, 0.5) is 13.2 Å². The van der Waals surface area contributed by atoms with E-state index in [1.807, 2.05) is 6.92 Å². The van der Waals surface area contributed by atoms with Crippen LogP contribution in [-0.4, -0.2) is 34.1 Å². The fourth-order valence-corrected chi connectivity index (χ4v) is 2.88. The van der Waals surface area contributed by atoms with Gasteiger partial charge in [0.1, 0.15) is 0 Å². The number of imidazole rings is 2. The van der Waals surface area contributed by atoms with Crippen molar-refractivity contribution >= 4 is 5.65 Å². The summed E-state index contributed by atoms with van der Waals surface area (Å²) in [6.45, 7) is 2.17. The fourth-order valence-electron chi connectivity index (χ4n) is 2.88. The van der Waals surface area contributed by atoms with Crippen LogP contribution < -0.4 is 0 Å². The van der Waals surface area contributed by atoms with Gasteiger partial charge in [0.2, 0.25) is 0 Å². The maximum Gasteiger partial charge on any atom is 0.435 e. The van der Waals surface area contributed by atoms with Crippen LogP contribution in [0.5, 0.6) is 0 Å². The van der Waals surface area contributed by atoms with E-state index in [0.29, 0.717) is 41.6 Å². The Labute approximate surface area is 151 Å². The molecule has 0 aliphatic carbocycles. The van der Waals surface area contributed by atoms with Crippen LogP contribution in [-0.2, 0) is 19.1 Å². The van der Waals surface area contributed by atoms with E-state index >= 15 is 0 Å². The molecule has 0 saturated heterocycles. The minimum Gasteiger partial charge on any atom is -0.322 e. The van der Waals surface area contributed by atoms with Crippen molar-refractivity contribution in [3.05, 3.63) is 60.1 Å². The minimum atomic E-state index is -4.51. The van der Waals surface area contributed by atoms with Crippen LogP contribution >= 0.6 is 0 Å². The molecule has 4 aromatic heterocycles. The second-order valence-electron chi connectivity index (χ2n) is 5.80. The first-order chi connectivity index (χ1) is 13.0. The predicted octanol–water partition coefficient (Wildman–Crippen LogP) is 3.01. The SMILES string of the molecule is CCc1c(Cn2ccnc2-c2ncccn2)nc2ccc(C(F)(F)F)nn12. The van der Waals surface area contributed by atoms with Crippen molar-refractivity contribution in [3.8, 4) is 11.6 Å². The van der Waals surface area contributed by atoms with Crippen molar-refractivity contribution in [1.82, 2.24) is 34.1 Å². The summed E-state index contributed by atoms with van der Waals surface area (Å²) in [4.78, 5) is 17.1. The molecule has 138 valence electrons. The van der Waals surface area contributed by atoms with Gasteiger partial charge in [-0.15, -0.1) is 0 Å². The second kappa shape index (κ2) is 6.45. The highest BCUT2D eigenvalue weighted by Gasteiger charge is 2.33. The molecule has 0 amide bonds. The Morgan fingerprint density at radius 2 is 1.81 bits per heavy atom. The number of alkyl halides is 3. The van der Waals surface area contributed by atoms with E-state index in [2.05, 4.69) is 25.0 Å². The average molecular weight is 373 g/mol. The summed E-state index contributed by atoms with van der Waals surface area (Å²) in [6.07, 6.45) is 2.58. The van der Waals surface area contributed by atoms with Crippen LogP contribution in [0.25, 0.3) is 17.3 Å². The molecule has 0 aliphatic rings. The summed E-state index contributed by atoms with van der Waals surface area (Å²) in [5, 5.41) is 3.73. The molecule has 0 bridgehead atoms. The first-order valence-corrected chi connectivity index (χ1v) is 8.20. The molecule has 0 fully saturated rings.